The molecular formula is C12H9Cl3N2O3S. The molecule has 0 fully saturated rings. The molecule has 1 heterocycles. The van der Waals surface area contributed by atoms with E-state index in [2.05, 4.69) is 10.3 Å². The van der Waals surface area contributed by atoms with Crippen molar-refractivity contribution in [3.05, 3.63) is 45.2 Å². The Balaban J connectivity index is 2.30. The number of hydrogen-bond donors (Lipinski definition) is 2. The van der Waals surface area contributed by atoms with Gasteiger partial charge in [-0.1, -0.05) is 34.8 Å². The summed E-state index contributed by atoms with van der Waals surface area (Å²) >= 11 is 17.3. The highest BCUT2D eigenvalue weighted by Crippen LogP contribution is 2.26. The maximum Gasteiger partial charge on any atom is 0.272 e. The summed E-state index contributed by atoms with van der Waals surface area (Å²) in [5, 5.41) is 2.98. The molecule has 0 saturated heterocycles. The van der Waals surface area contributed by atoms with E-state index in [1.807, 2.05) is 0 Å². The van der Waals surface area contributed by atoms with Gasteiger partial charge in [-0.15, -0.1) is 0 Å². The number of aromatic amines is 1. The number of halogens is 3. The van der Waals surface area contributed by atoms with Gasteiger partial charge in [0, 0.05) is 11.9 Å². The summed E-state index contributed by atoms with van der Waals surface area (Å²) in [6.07, 6.45) is 1.03. The first-order chi connectivity index (χ1) is 9.68. The average Bonchev–Trinajstić information content (AvgIpc) is 2.71. The molecule has 0 bridgehead atoms. The smallest absolute Gasteiger partial charge is 0.272 e. The molecule has 0 saturated carbocycles. The highest BCUT2D eigenvalue weighted by atomic mass is 35.5. The van der Waals surface area contributed by atoms with Crippen LogP contribution in [0.3, 0.4) is 0 Å². The maximum absolute atomic E-state index is 12.0. The van der Waals surface area contributed by atoms with Gasteiger partial charge in [0.15, 0.2) is 9.84 Å². The lowest BCUT2D eigenvalue weighted by atomic mass is 10.3. The molecule has 9 heteroatoms. The molecule has 0 radical (unpaired) electrons. The zero-order chi connectivity index (χ0) is 15.8. The highest BCUT2D eigenvalue weighted by molar-refractivity contribution is 7.90. The molecule has 21 heavy (non-hydrogen) atoms. The van der Waals surface area contributed by atoms with Crippen LogP contribution < -0.4 is 5.32 Å². The standard InChI is InChI=1S/C12H9Cl3N2O3S/c1-21(19,20)10-4-6(2-3-7(10)13)16-12(18)9-5-8(14)11(15)17-9/h2-5,17H,1H3,(H,16,18). The lowest BCUT2D eigenvalue weighted by molar-refractivity contribution is 0.102. The molecule has 112 valence electrons. The Kier molecular flexibility index (Phi) is 4.53. The van der Waals surface area contributed by atoms with Crippen molar-refractivity contribution >= 4 is 56.2 Å². The third-order valence-electron chi connectivity index (χ3n) is 2.56. The second-order valence-electron chi connectivity index (χ2n) is 4.22. The molecule has 0 spiro atoms. The van der Waals surface area contributed by atoms with Crippen molar-refractivity contribution in [2.75, 3.05) is 11.6 Å². The van der Waals surface area contributed by atoms with Gasteiger partial charge in [0.05, 0.1) is 14.9 Å². The van der Waals surface area contributed by atoms with Crippen LogP contribution in [0.2, 0.25) is 15.2 Å². The number of amides is 1. The van der Waals surface area contributed by atoms with Crippen LogP contribution in [0.15, 0.2) is 29.2 Å². The van der Waals surface area contributed by atoms with Crippen LogP contribution in [-0.2, 0) is 9.84 Å². The number of carbonyl (C=O) groups excluding carboxylic acids is 1. The van der Waals surface area contributed by atoms with E-state index in [0.29, 0.717) is 0 Å². The van der Waals surface area contributed by atoms with E-state index in [1.165, 1.54) is 24.3 Å². The normalized spacial score (nSPS) is 11.4. The molecular weight excluding hydrogens is 359 g/mol. The van der Waals surface area contributed by atoms with Crippen molar-refractivity contribution in [3.63, 3.8) is 0 Å². The van der Waals surface area contributed by atoms with Crippen molar-refractivity contribution in [2.45, 2.75) is 4.90 Å². The summed E-state index contributed by atoms with van der Waals surface area (Å²) in [6.45, 7) is 0. The first-order valence-electron chi connectivity index (χ1n) is 5.53. The summed E-state index contributed by atoms with van der Waals surface area (Å²) in [7, 11) is -3.49. The van der Waals surface area contributed by atoms with Gasteiger partial charge >= 0.3 is 0 Å². The third kappa shape index (κ3) is 3.71. The molecule has 5 nitrogen and oxygen atoms in total. The van der Waals surface area contributed by atoms with Gasteiger partial charge in [-0.3, -0.25) is 4.79 Å². The van der Waals surface area contributed by atoms with Crippen molar-refractivity contribution in [1.29, 1.82) is 0 Å². The Morgan fingerprint density at radius 1 is 1.14 bits per heavy atom. The molecule has 0 atom stereocenters. The van der Waals surface area contributed by atoms with Gasteiger partial charge in [0.2, 0.25) is 0 Å². The summed E-state index contributed by atoms with van der Waals surface area (Å²) in [5.74, 6) is -0.509. The summed E-state index contributed by atoms with van der Waals surface area (Å²) in [5.41, 5.74) is 0.438. The lowest BCUT2D eigenvalue weighted by Gasteiger charge is -2.07. The Hall–Kier alpha value is -1.21. The number of rotatable bonds is 3. The maximum atomic E-state index is 12.0. The number of aromatic nitrogens is 1. The second-order valence-corrected chi connectivity index (χ2v) is 7.39. The van der Waals surface area contributed by atoms with Crippen LogP contribution in [0.4, 0.5) is 5.69 Å². The van der Waals surface area contributed by atoms with Crippen molar-refractivity contribution < 1.29 is 13.2 Å². The Bertz CT molecular complexity index is 796. The second kappa shape index (κ2) is 5.88. The molecule has 1 aromatic carbocycles. The van der Waals surface area contributed by atoms with Crippen LogP contribution in [0.5, 0.6) is 0 Å². The van der Waals surface area contributed by atoms with E-state index in [0.717, 1.165) is 6.26 Å². The third-order valence-corrected chi connectivity index (χ3v) is 4.83. The summed E-state index contributed by atoms with van der Waals surface area (Å²) < 4.78 is 23.1. The number of benzene rings is 1. The van der Waals surface area contributed by atoms with E-state index in [1.54, 1.807) is 0 Å². The molecule has 1 amide bonds. The fourth-order valence-corrected chi connectivity index (χ4v) is 3.20. The molecule has 0 aliphatic carbocycles. The first-order valence-corrected chi connectivity index (χ1v) is 8.56. The number of anilines is 1. The summed E-state index contributed by atoms with van der Waals surface area (Å²) in [4.78, 5) is 14.5. The lowest BCUT2D eigenvalue weighted by Crippen LogP contribution is -2.12. The zero-order valence-corrected chi connectivity index (χ0v) is 13.7. The predicted octanol–water partition coefficient (Wildman–Crippen LogP) is 3.63. The average molecular weight is 368 g/mol. The fraction of sp³-hybridized carbons (Fsp3) is 0.0833. The SMILES string of the molecule is CS(=O)(=O)c1cc(NC(=O)c2cc(Cl)c(Cl)[nH]2)ccc1Cl. The minimum Gasteiger partial charge on any atom is -0.340 e. The minimum atomic E-state index is -3.49. The quantitative estimate of drug-likeness (QED) is 0.869. The Morgan fingerprint density at radius 2 is 1.81 bits per heavy atom. The van der Waals surface area contributed by atoms with Crippen LogP contribution in [0.1, 0.15) is 10.5 Å². The Labute approximate surface area is 136 Å². The number of carbonyl (C=O) groups is 1. The molecule has 0 aliphatic heterocycles. The van der Waals surface area contributed by atoms with Crippen LogP contribution in [-0.4, -0.2) is 25.6 Å². The van der Waals surface area contributed by atoms with E-state index in [9.17, 15) is 13.2 Å². The van der Waals surface area contributed by atoms with Gasteiger partial charge in [0.1, 0.15) is 10.8 Å². The van der Waals surface area contributed by atoms with Gasteiger partial charge < -0.3 is 10.3 Å². The predicted molar refractivity (Wildman–Crippen MR) is 83.3 cm³/mol. The van der Waals surface area contributed by atoms with Crippen molar-refractivity contribution in [1.82, 2.24) is 4.98 Å². The number of hydrogen-bond acceptors (Lipinski definition) is 3. The molecule has 0 unspecified atom stereocenters. The van der Waals surface area contributed by atoms with Crippen LogP contribution >= 0.6 is 34.8 Å². The van der Waals surface area contributed by atoms with Gasteiger partial charge in [-0.2, -0.15) is 0 Å². The minimum absolute atomic E-state index is 0.0653. The summed E-state index contributed by atoms with van der Waals surface area (Å²) in [6, 6.07) is 5.53. The van der Waals surface area contributed by atoms with E-state index in [4.69, 9.17) is 34.8 Å². The number of nitrogens with one attached hydrogen (secondary N) is 2. The first kappa shape index (κ1) is 16.2. The Morgan fingerprint density at radius 3 is 2.33 bits per heavy atom. The molecule has 0 aliphatic rings. The monoisotopic (exact) mass is 366 g/mol. The fourth-order valence-electron chi connectivity index (χ4n) is 1.59. The van der Waals surface area contributed by atoms with Gasteiger partial charge in [-0.25, -0.2) is 8.42 Å². The van der Waals surface area contributed by atoms with Crippen LogP contribution in [0, 0.1) is 0 Å². The van der Waals surface area contributed by atoms with E-state index >= 15 is 0 Å². The molecule has 2 aromatic rings. The number of H-pyrrole nitrogens is 1. The zero-order valence-electron chi connectivity index (χ0n) is 10.6. The van der Waals surface area contributed by atoms with E-state index in [-0.39, 0.29) is 31.5 Å². The molecule has 2 N–H and O–H groups in total. The highest BCUT2D eigenvalue weighted by Gasteiger charge is 2.16. The topological polar surface area (TPSA) is 79.0 Å². The molecule has 2 rings (SSSR count). The molecule has 1 aromatic heterocycles. The van der Waals surface area contributed by atoms with Gasteiger partial charge in [0.25, 0.3) is 5.91 Å². The van der Waals surface area contributed by atoms with Crippen molar-refractivity contribution in [3.8, 4) is 0 Å². The largest absolute Gasteiger partial charge is 0.340 e. The number of sulfone groups is 1. The van der Waals surface area contributed by atoms with Crippen LogP contribution in [0.25, 0.3) is 0 Å². The van der Waals surface area contributed by atoms with Crippen molar-refractivity contribution in [2.24, 2.45) is 0 Å². The van der Waals surface area contributed by atoms with Gasteiger partial charge in [-0.05, 0) is 24.3 Å². The van der Waals surface area contributed by atoms with E-state index < -0.39 is 15.7 Å².